The zero-order chi connectivity index (χ0) is 23.4. The van der Waals surface area contributed by atoms with Crippen molar-refractivity contribution in [1.82, 2.24) is 5.32 Å². The van der Waals surface area contributed by atoms with Crippen molar-refractivity contribution in [3.8, 4) is 5.75 Å². The number of hydrogen-bond acceptors (Lipinski definition) is 4. The summed E-state index contributed by atoms with van der Waals surface area (Å²) in [5, 5.41) is 3.89. The fourth-order valence-corrected chi connectivity index (χ4v) is 4.05. The Morgan fingerprint density at radius 3 is 2.55 bits per heavy atom. The maximum atomic E-state index is 14.8. The van der Waals surface area contributed by atoms with Gasteiger partial charge < -0.3 is 19.9 Å². The SMILES string of the molecule is CNC1CCN(c2ccc(N(C)C(=O)c3ccc(COc4ccc(Cl)cc4)cc3)cc2F)C1.[HH]. The van der Waals surface area contributed by atoms with Gasteiger partial charge in [-0.3, -0.25) is 4.79 Å². The molecule has 1 atom stereocenters. The lowest BCUT2D eigenvalue weighted by atomic mass is 10.1. The van der Waals surface area contributed by atoms with Gasteiger partial charge in [-0.05, 0) is 73.6 Å². The van der Waals surface area contributed by atoms with Crippen molar-refractivity contribution in [2.24, 2.45) is 0 Å². The molecule has 33 heavy (non-hydrogen) atoms. The van der Waals surface area contributed by atoms with Gasteiger partial charge in [-0.1, -0.05) is 23.7 Å². The predicted octanol–water partition coefficient (Wildman–Crippen LogP) is 5.38. The fourth-order valence-electron chi connectivity index (χ4n) is 3.93. The van der Waals surface area contributed by atoms with E-state index >= 15 is 0 Å². The Bertz CT molecular complexity index is 1110. The van der Waals surface area contributed by atoms with E-state index in [2.05, 4.69) is 5.32 Å². The van der Waals surface area contributed by atoms with E-state index in [9.17, 15) is 9.18 Å². The number of anilines is 2. The highest BCUT2D eigenvalue weighted by Gasteiger charge is 2.24. The number of nitrogens with zero attached hydrogens (tertiary/aromatic N) is 2. The molecular formula is C26H29ClFN3O2. The average molecular weight is 470 g/mol. The molecule has 1 aliphatic rings. The lowest BCUT2D eigenvalue weighted by Gasteiger charge is -2.22. The molecule has 1 saturated heterocycles. The smallest absolute Gasteiger partial charge is 0.258 e. The maximum absolute atomic E-state index is 14.8. The molecule has 4 rings (SSSR count). The number of ether oxygens (including phenoxy) is 1. The second kappa shape index (κ2) is 10.2. The molecule has 0 saturated carbocycles. The molecular weight excluding hydrogens is 441 g/mol. The quantitative estimate of drug-likeness (QED) is 0.504. The van der Waals surface area contributed by atoms with Crippen LogP contribution in [0.15, 0.2) is 66.7 Å². The molecule has 3 aromatic rings. The van der Waals surface area contributed by atoms with Gasteiger partial charge in [0.05, 0.1) is 5.69 Å². The van der Waals surface area contributed by atoms with Gasteiger partial charge in [0.2, 0.25) is 0 Å². The van der Waals surface area contributed by atoms with E-state index < -0.39 is 0 Å². The van der Waals surface area contributed by atoms with Crippen LogP contribution < -0.4 is 19.9 Å². The van der Waals surface area contributed by atoms with Crippen molar-refractivity contribution in [2.75, 3.05) is 37.0 Å². The van der Waals surface area contributed by atoms with Gasteiger partial charge in [-0.2, -0.15) is 0 Å². The highest BCUT2D eigenvalue weighted by molar-refractivity contribution is 6.30. The third-order valence-electron chi connectivity index (χ3n) is 5.98. The molecule has 3 aromatic carbocycles. The Labute approximate surface area is 200 Å². The van der Waals surface area contributed by atoms with E-state index in [1.54, 1.807) is 43.4 Å². The number of nitrogens with one attached hydrogen (secondary N) is 1. The molecule has 0 radical (unpaired) electrons. The summed E-state index contributed by atoms with van der Waals surface area (Å²) in [6.45, 7) is 1.96. The Hall–Kier alpha value is -3.09. The minimum Gasteiger partial charge on any atom is -0.489 e. The third-order valence-corrected chi connectivity index (χ3v) is 6.23. The van der Waals surface area contributed by atoms with Crippen molar-refractivity contribution in [3.05, 3.63) is 88.7 Å². The monoisotopic (exact) mass is 469 g/mol. The van der Waals surface area contributed by atoms with Crippen molar-refractivity contribution >= 4 is 28.9 Å². The average Bonchev–Trinajstić information content (AvgIpc) is 3.32. The molecule has 1 N–H and O–H groups in total. The summed E-state index contributed by atoms with van der Waals surface area (Å²) in [5.74, 6) is 0.197. The first-order valence-corrected chi connectivity index (χ1v) is 11.3. The highest BCUT2D eigenvalue weighted by atomic mass is 35.5. The van der Waals surface area contributed by atoms with Crippen molar-refractivity contribution in [3.63, 3.8) is 0 Å². The van der Waals surface area contributed by atoms with Crippen LogP contribution in [0.2, 0.25) is 5.02 Å². The molecule has 1 unspecified atom stereocenters. The molecule has 7 heteroatoms. The predicted molar refractivity (Wildman–Crippen MR) is 133 cm³/mol. The van der Waals surface area contributed by atoms with Crippen molar-refractivity contribution in [2.45, 2.75) is 19.1 Å². The van der Waals surface area contributed by atoms with Gasteiger partial charge in [-0.15, -0.1) is 0 Å². The fraction of sp³-hybridized carbons (Fsp3) is 0.269. The van der Waals surface area contributed by atoms with Gasteiger partial charge in [0.15, 0.2) is 0 Å². The van der Waals surface area contributed by atoms with Crippen LogP contribution in [0.4, 0.5) is 15.8 Å². The summed E-state index contributed by atoms with van der Waals surface area (Å²) in [7, 11) is 3.58. The van der Waals surface area contributed by atoms with E-state index in [1.807, 2.05) is 36.2 Å². The number of halogens is 2. The van der Waals surface area contributed by atoms with Gasteiger partial charge in [-0.25, -0.2) is 4.39 Å². The minimum atomic E-state index is -0.321. The normalized spacial score (nSPS) is 15.5. The Balaban J connectivity index is 0.00000324. The lowest BCUT2D eigenvalue weighted by molar-refractivity contribution is 0.0993. The Kier molecular flexibility index (Phi) is 7.16. The van der Waals surface area contributed by atoms with Crippen LogP contribution >= 0.6 is 11.6 Å². The van der Waals surface area contributed by atoms with Crippen LogP contribution in [0.1, 0.15) is 23.8 Å². The Morgan fingerprint density at radius 1 is 1.18 bits per heavy atom. The van der Waals surface area contributed by atoms with Crippen molar-refractivity contribution < 1.29 is 15.3 Å². The van der Waals surface area contributed by atoms with Crippen molar-refractivity contribution in [1.29, 1.82) is 0 Å². The molecule has 0 aliphatic carbocycles. The van der Waals surface area contributed by atoms with Gasteiger partial charge in [0.25, 0.3) is 5.91 Å². The topological polar surface area (TPSA) is 44.8 Å². The molecule has 0 bridgehead atoms. The lowest BCUT2D eigenvalue weighted by Crippen LogP contribution is -2.30. The molecule has 174 valence electrons. The maximum Gasteiger partial charge on any atom is 0.258 e. The first-order chi connectivity index (χ1) is 15.9. The number of carbonyl (C=O) groups is 1. The van der Waals surface area contributed by atoms with Crippen LogP contribution in [0, 0.1) is 5.82 Å². The first-order valence-electron chi connectivity index (χ1n) is 10.9. The highest BCUT2D eigenvalue weighted by Crippen LogP contribution is 2.28. The van der Waals surface area contributed by atoms with Gasteiger partial charge in [0, 0.05) is 43.9 Å². The zero-order valence-electron chi connectivity index (χ0n) is 18.7. The minimum absolute atomic E-state index is 0. The number of likely N-dealkylation sites (N-methyl/N-ethyl adjacent to an activating group) is 1. The summed E-state index contributed by atoms with van der Waals surface area (Å²) in [6, 6.07) is 19.7. The van der Waals surface area contributed by atoms with Gasteiger partial charge >= 0.3 is 0 Å². The standard InChI is InChI=1S/C26H27ClFN3O2.H2/c1-29-21-13-14-31(16-21)25-12-9-22(15-24(25)28)30(2)26(32)19-5-3-18(4-6-19)17-33-23-10-7-20(27)8-11-23;/h3-12,15,21,29H,13-14,16-17H2,1-2H3;1H. The zero-order valence-corrected chi connectivity index (χ0v) is 19.5. The largest absolute Gasteiger partial charge is 0.489 e. The number of hydrogen-bond donors (Lipinski definition) is 1. The van der Waals surface area contributed by atoms with E-state index in [0.29, 0.717) is 34.6 Å². The van der Waals surface area contributed by atoms with E-state index in [1.165, 1.54) is 11.0 Å². The van der Waals surface area contributed by atoms with E-state index in [0.717, 1.165) is 30.8 Å². The van der Waals surface area contributed by atoms with Crippen LogP contribution in [0.5, 0.6) is 5.75 Å². The number of rotatable bonds is 7. The van der Waals surface area contributed by atoms with E-state index in [4.69, 9.17) is 16.3 Å². The summed E-state index contributed by atoms with van der Waals surface area (Å²) in [6.07, 6.45) is 0.983. The number of amides is 1. The van der Waals surface area contributed by atoms with Crippen LogP contribution in [-0.2, 0) is 6.61 Å². The van der Waals surface area contributed by atoms with E-state index in [-0.39, 0.29) is 13.2 Å². The molecule has 1 amide bonds. The summed E-state index contributed by atoms with van der Waals surface area (Å²) < 4.78 is 20.6. The second-order valence-electron chi connectivity index (χ2n) is 8.16. The number of carbonyl (C=O) groups excluding carboxylic acids is 1. The molecule has 0 spiro atoms. The first kappa shape index (κ1) is 23.1. The molecule has 0 aromatic heterocycles. The summed E-state index contributed by atoms with van der Waals surface area (Å²) in [4.78, 5) is 16.4. The summed E-state index contributed by atoms with van der Waals surface area (Å²) >= 11 is 5.89. The second-order valence-corrected chi connectivity index (χ2v) is 8.60. The molecule has 1 aliphatic heterocycles. The Morgan fingerprint density at radius 2 is 1.91 bits per heavy atom. The van der Waals surface area contributed by atoms with Crippen LogP contribution in [0.25, 0.3) is 0 Å². The molecule has 5 nitrogen and oxygen atoms in total. The number of benzene rings is 3. The van der Waals surface area contributed by atoms with Gasteiger partial charge in [0.1, 0.15) is 18.2 Å². The van der Waals surface area contributed by atoms with Crippen LogP contribution in [0.3, 0.4) is 0 Å². The molecule has 1 fully saturated rings. The molecule has 1 heterocycles. The van der Waals surface area contributed by atoms with Crippen LogP contribution in [-0.4, -0.2) is 39.1 Å². The third kappa shape index (κ3) is 5.46. The summed E-state index contributed by atoms with van der Waals surface area (Å²) in [5.41, 5.74) is 2.54.